The highest BCUT2D eigenvalue weighted by Gasteiger charge is 2.45. The summed E-state index contributed by atoms with van der Waals surface area (Å²) in [7, 11) is 0. The number of nitrogens with one attached hydrogen (secondary N) is 1. The Morgan fingerprint density at radius 2 is 1.90 bits per heavy atom. The first-order valence-electron chi connectivity index (χ1n) is 10.8. The molecule has 0 spiro atoms. The number of aromatic nitrogens is 3. The topological polar surface area (TPSA) is 72.3 Å². The van der Waals surface area contributed by atoms with E-state index >= 15 is 0 Å². The zero-order chi connectivity index (χ0) is 19.6. The van der Waals surface area contributed by atoms with Crippen molar-refractivity contribution in [2.45, 2.75) is 50.4 Å². The normalized spacial score (nSPS) is 30.8. The number of morpholine rings is 1. The second kappa shape index (κ2) is 8.34. The van der Waals surface area contributed by atoms with Gasteiger partial charge in [0.05, 0.1) is 31.6 Å². The fourth-order valence-electron chi connectivity index (χ4n) is 5.20. The van der Waals surface area contributed by atoms with Gasteiger partial charge in [0.1, 0.15) is 5.78 Å². The summed E-state index contributed by atoms with van der Waals surface area (Å²) in [5.41, 5.74) is 2.22. The lowest BCUT2D eigenvalue weighted by atomic mass is 9.71. The number of hydrogen-bond donors (Lipinski definition) is 1. The van der Waals surface area contributed by atoms with Gasteiger partial charge in [-0.15, -0.1) is 5.10 Å². The first kappa shape index (κ1) is 18.9. The van der Waals surface area contributed by atoms with Gasteiger partial charge < -0.3 is 4.74 Å². The average molecular weight is 396 g/mol. The lowest BCUT2D eigenvalue weighted by Gasteiger charge is -2.47. The fourth-order valence-corrected chi connectivity index (χ4v) is 5.20. The molecular weight excluding hydrogens is 366 g/mol. The van der Waals surface area contributed by atoms with Gasteiger partial charge in [0, 0.05) is 43.6 Å². The van der Waals surface area contributed by atoms with Crippen LogP contribution in [0, 0.1) is 5.92 Å². The van der Waals surface area contributed by atoms with Crippen LogP contribution in [0.1, 0.15) is 42.9 Å². The quantitative estimate of drug-likeness (QED) is 0.851. The van der Waals surface area contributed by atoms with Crippen molar-refractivity contribution in [2.24, 2.45) is 5.92 Å². The number of piperidine rings is 1. The summed E-state index contributed by atoms with van der Waals surface area (Å²) >= 11 is 0. The second-order valence-corrected chi connectivity index (χ2v) is 8.50. The maximum absolute atomic E-state index is 13.0. The first-order chi connectivity index (χ1) is 14.3. The van der Waals surface area contributed by atoms with Crippen LogP contribution >= 0.6 is 0 Å². The highest BCUT2D eigenvalue weighted by atomic mass is 16.5. The summed E-state index contributed by atoms with van der Waals surface area (Å²) in [4.78, 5) is 15.3. The zero-order valence-corrected chi connectivity index (χ0v) is 16.7. The molecule has 1 aromatic heterocycles. The van der Waals surface area contributed by atoms with Gasteiger partial charge in [0.2, 0.25) is 0 Å². The van der Waals surface area contributed by atoms with Crippen molar-refractivity contribution >= 4 is 5.78 Å². The van der Waals surface area contributed by atoms with E-state index in [1.807, 2.05) is 22.9 Å². The van der Waals surface area contributed by atoms with Crippen molar-refractivity contribution in [1.82, 2.24) is 25.2 Å². The summed E-state index contributed by atoms with van der Waals surface area (Å²) in [5, 5.41) is 12.7. The summed E-state index contributed by atoms with van der Waals surface area (Å²) in [6.45, 7) is 3.99. The summed E-state index contributed by atoms with van der Waals surface area (Å²) in [6.07, 6.45) is 5.92. The Morgan fingerprint density at radius 3 is 2.72 bits per heavy atom. The molecule has 4 unspecified atom stereocenters. The number of benzene rings is 1. The molecule has 3 fully saturated rings. The van der Waals surface area contributed by atoms with Gasteiger partial charge in [0.25, 0.3) is 0 Å². The van der Waals surface area contributed by atoms with Gasteiger partial charge in [-0.2, -0.15) is 0 Å². The van der Waals surface area contributed by atoms with E-state index in [0.29, 0.717) is 12.2 Å². The first-order valence-corrected chi connectivity index (χ1v) is 10.8. The van der Waals surface area contributed by atoms with E-state index in [0.717, 1.165) is 57.8 Å². The maximum Gasteiger partial charge on any atom is 0.140 e. The Hall–Kier alpha value is -2.09. The smallest absolute Gasteiger partial charge is 0.140 e. The number of ketones is 1. The van der Waals surface area contributed by atoms with Gasteiger partial charge in [-0.05, 0) is 18.4 Å². The van der Waals surface area contributed by atoms with E-state index in [9.17, 15) is 4.79 Å². The molecule has 2 saturated heterocycles. The minimum Gasteiger partial charge on any atom is -0.379 e. The van der Waals surface area contributed by atoms with E-state index in [4.69, 9.17) is 4.74 Å². The Bertz CT molecular complexity index is 833. The Labute approximate surface area is 171 Å². The highest BCUT2D eigenvalue weighted by Crippen LogP contribution is 2.39. The summed E-state index contributed by atoms with van der Waals surface area (Å²) in [5.74, 6) is 0.753. The van der Waals surface area contributed by atoms with Crippen LogP contribution in [0.25, 0.3) is 0 Å². The molecule has 0 amide bonds. The third kappa shape index (κ3) is 3.99. The molecule has 29 heavy (non-hydrogen) atoms. The van der Waals surface area contributed by atoms with Gasteiger partial charge in [-0.3, -0.25) is 15.0 Å². The molecule has 0 bridgehead atoms. The van der Waals surface area contributed by atoms with E-state index < -0.39 is 0 Å². The second-order valence-electron chi connectivity index (χ2n) is 8.50. The van der Waals surface area contributed by atoms with Crippen molar-refractivity contribution < 1.29 is 9.53 Å². The molecule has 7 heteroatoms. The van der Waals surface area contributed by atoms with Crippen LogP contribution in [0.4, 0.5) is 0 Å². The zero-order valence-electron chi connectivity index (χ0n) is 16.7. The Kier molecular flexibility index (Phi) is 5.44. The number of carbonyl (C=O) groups excluding carboxylic acids is 1. The molecule has 5 rings (SSSR count). The van der Waals surface area contributed by atoms with Gasteiger partial charge in [0.15, 0.2) is 0 Å². The van der Waals surface area contributed by atoms with Crippen molar-refractivity contribution in [3.05, 3.63) is 47.8 Å². The molecule has 0 radical (unpaired) electrons. The predicted molar refractivity (Wildman–Crippen MR) is 108 cm³/mol. The lowest BCUT2D eigenvalue weighted by molar-refractivity contribution is -0.131. The third-order valence-electron chi connectivity index (χ3n) is 6.70. The maximum atomic E-state index is 13.0. The molecule has 1 aromatic carbocycles. The van der Waals surface area contributed by atoms with Crippen LogP contribution < -0.4 is 5.32 Å². The molecule has 2 aliphatic heterocycles. The van der Waals surface area contributed by atoms with E-state index in [1.54, 1.807) is 0 Å². The molecule has 2 aromatic rings. The SMILES string of the molecule is O=C1CC(N2CCOCC2)NC2C1CCCC2c1cn(Cc2ccccc2)nn1. The van der Waals surface area contributed by atoms with Crippen molar-refractivity contribution in [3.8, 4) is 0 Å². The van der Waals surface area contributed by atoms with Gasteiger partial charge in [-0.1, -0.05) is 42.0 Å². The molecular formula is C22H29N5O2. The molecule has 4 atom stereocenters. The fraction of sp³-hybridized carbons (Fsp3) is 0.591. The van der Waals surface area contributed by atoms with Crippen LogP contribution in [0.15, 0.2) is 36.5 Å². The molecule has 3 heterocycles. The van der Waals surface area contributed by atoms with Gasteiger partial charge >= 0.3 is 0 Å². The Morgan fingerprint density at radius 1 is 1.10 bits per heavy atom. The monoisotopic (exact) mass is 395 g/mol. The lowest BCUT2D eigenvalue weighted by Crippen LogP contribution is -2.62. The molecule has 3 aliphatic rings. The van der Waals surface area contributed by atoms with Crippen LogP contribution in [-0.2, 0) is 16.1 Å². The highest BCUT2D eigenvalue weighted by molar-refractivity contribution is 5.83. The number of carbonyl (C=O) groups is 1. The van der Waals surface area contributed by atoms with Crippen molar-refractivity contribution in [3.63, 3.8) is 0 Å². The average Bonchev–Trinajstić information content (AvgIpc) is 3.23. The molecule has 1 N–H and O–H groups in total. The van der Waals surface area contributed by atoms with Crippen LogP contribution in [0.5, 0.6) is 0 Å². The van der Waals surface area contributed by atoms with Crippen molar-refractivity contribution in [2.75, 3.05) is 26.3 Å². The number of fused-ring (bicyclic) bond motifs is 1. The minimum atomic E-state index is 0.102. The van der Waals surface area contributed by atoms with Crippen LogP contribution in [0.3, 0.4) is 0 Å². The number of Topliss-reactive ketones (excluding diaryl/α,β-unsaturated/α-hetero) is 1. The number of rotatable bonds is 4. The van der Waals surface area contributed by atoms with Crippen molar-refractivity contribution in [1.29, 1.82) is 0 Å². The number of ether oxygens (including phenoxy) is 1. The number of hydrogen-bond acceptors (Lipinski definition) is 6. The summed E-state index contributed by atoms with van der Waals surface area (Å²) < 4.78 is 7.41. The van der Waals surface area contributed by atoms with E-state index in [1.165, 1.54) is 5.56 Å². The van der Waals surface area contributed by atoms with Crippen LogP contribution in [-0.4, -0.2) is 64.2 Å². The predicted octanol–water partition coefficient (Wildman–Crippen LogP) is 1.80. The van der Waals surface area contributed by atoms with E-state index in [-0.39, 0.29) is 24.0 Å². The molecule has 1 aliphatic carbocycles. The third-order valence-corrected chi connectivity index (χ3v) is 6.70. The summed E-state index contributed by atoms with van der Waals surface area (Å²) in [6, 6.07) is 10.5. The largest absolute Gasteiger partial charge is 0.379 e. The van der Waals surface area contributed by atoms with Gasteiger partial charge in [-0.25, -0.2) is 4.68 Å². The standard InChI is InChI=1S/C22H29N5O2/c28-20-13-21(26-9-11-29-12-10-26)23-22-17(7-4-8-18(20)22)19-15-27(25-24-19)14-16-5-2-1-3-6-16/h1-3,5-6,15,17-18,21-23H,4,7-14H2. The molecule has 7 nitrogen and oxygen atoms in total. The number of nitrogens with zero attached hydrogens (tertiary/aromatic N) is 4. The Balaban J connectivity index is 1.33. The molecule has 154 valence electrons. The van der Waals surface area contributed by atoms with E-state index in [2.05, 4.69) is 38.9 Å². The van der Waals surface area contributed by atoms with Crippen LogP contribution in [0.2, 0.25) is 0 Å². The molecule has 1 saturated carbocycles. The minimum absolute atomic E-state index is 0.102.